The van der Waals surface area contributed by atoms with Crippen LogP contribution in [0.5, 0.6) is 0 Å². The van der Waals surface area contributed by atoms with Crippen molar-refractivity contribution in [1.29, 1.82) is 0 Å². The summed E-state index contributed by atoms with van der Waals surface area (Å²) in [6.07, 6.45) is 2.93. The summed E-state index contributed by atoms with van der Waals surface area (Å²) in [5, 5.41) is 11.2. The number of rotatable bonds is 4. The van der Waals surface area contributed by atoms with Gasteiger partial charge in [0, 0.05) is 24.4 Å². The van der Waals surface area contributed by atoms with Crippen LogP contribution >= 0.6 is 11.3 Å². The largest absolute Gasteiger partial charge is 0.476 e. The zero-order chi connectivity index (χ0) is 14.5. The summed E-state index contributed by atoms with van der Waals surface area (Å²) in [5.74, 6) is -0.941. The molecule has 20 heavy (non-hydrogen) atoms. The van der Waals surface area contributed by atoms with Crippen LogP contribution in [-0.4, -0.2) is 46.7 Å². The molecule has 2 heterocycles. The average molecular weight is 296 g/mol. The number of aromatic nitrogens is 1. The number of hydrogen-bond acceptors (Lipinski definition) is 5. The molecule has 0 bridgehead atoms. The van der Waals surface area contributed by atoms with Crippen molar-refractivity contribution in [2.24, 2.45) is 0 Å². The Hall–Kier alpha value is -1.89. The van der Waals surface area contributed by atoms with E-state index in [4.69, 9.17) is 9.84 Å². The number of aromatic carboxylic acids is 1. The zero-order valence-electron chi connectivity index (χ0n) is 10.9. The fourth-order valence-electron chi connectivity index (χ4n) is 2.14. The lowest BCUT2D eigenvalue weighted by molar-refractivity contribution is 0.0690. The van der Waals surface area contributed by atoms with Crippen LogP contribution in [0.2, 0.25) is 0 Å². The molecule has 7 heteroatoms. The predicted molar refractivity (Wildman–Crippen MR) is 74.2 cm³/mol. The third kappa shape index (κ3) is 3.36. The molecule has 1 amide bonds. The van der Waals surface area contributed by atoms with E-state index < -0.39 is 5.97 Å². The molecule has 0 spiro atoms. The minimum absolute atomic E-state index is 0.0661. The van der Waals surface area contributed by atoms with E-state index in [1.807, 2.05) is 0 Å². The van der Waals surface area contributed by atoms with Gasteiger partial charge in [0.25, 0.3) is 0 Å². The standard InChI is InChI=1S/C13H16N2O4S/c1-2-6-19-13(18)15-5-3-4-9(7-15)11-14-10(8-20-11)12(16)17/h2,8-9H,1,3-7H2,(H,16,17). The number of carbonyl (C=O) groups excluding carboxylic acids is 1. The normalized spacial score (nSPS) is 18.6. The molecule has 0 saturated carbocycles. The number of thiazole rings is 1. The van der Waals surface area contributed by atoms with Crippen LogP contribution in [0.3, 0.4) is 0 Å². The Morgan fingerprint density at radius 3 is 3.10 bits per heavy atom. The Labute approximate surface area is 120 Å². The van der Waals surface area contributed by atoms with E-state index in [1.165, 1.54) is 22.8 Å². The molecule has 108 valence electrons. The third-order valence-corrected chi connectivity index (χ3v) is 4.10. The zero-order valence-corrected chi connectivity index (χ0v) is 11.8. The van der Waals surface area contributed by atoms with Crippen molar-refractivity contribution in [2.45, 2.75) is 18.8 Å². The van der Waals surface area contributed by atoms with Crippen molar-refractivity contribution in [3.63, 3.8) is 0 Å². The maximum Gasteiger partial charge on any atom is 0.410 e. The van der Waals surface area contributed by atoms with E-state index >= 15 is 0 Å². The molecule has 2 rings (SSSR count). The molecule has 0 aromatic carbocycles. The maximum absolute atomic E-state index is 11.8. The molecule has 1 saturated heterocycles. The van der Waals surface area contributed by atoms with Crippen LogP contribution in [-0.2, 0) is 4.74 Å². The number of carboxylic acid groups (broad SMARTS) is 1. The fourth-order valence-corrected chi connectivity index (χ4v) is 3.06. The number of carboxylic acids is 1. The van der Waals surface area contributed by atoms with Gasteiger partial charge in [-0.25, -0.2) is 14.6 Å². The summed E-state index contributed by atoms with van der Waals surface area (Å²) >= 11 is 1.33. The number of ether oxygens (including phenoxy) is 1. The molecule has 1 aliphatic rings. The highest BCUT2D eigenvalue weighted by atomic mass is 32.1. The smallest absolute Gasteiger partial charge is 0.410 e. The SMILES string of the molecule is C=CCOC(=O)N1CCCC(c2nc(C(=O)O)cs2)C1. The van der Waals surface area contributed by atoms with Crippen LogP contribution in [0.1, 0.15) is 34.3 Å². The van der Waals surface area contributed by atoms with Crippen molar-refractivity contribution < 1.29 is 19.4 Å². The van der Waals surface area contributed by atoms with Gasteiger partial charge in [0.15, 0.2) is 5.69 Å². The van der Waals surface area contributed by atoms with Crippen molar-refractivity contribution in [2.75, 3.05) is 19.7 Å². The lowest BCUT2D eigenvalue weighted by Crippen LogP contribution is -2.39. The molecule has 1 fully saturated rings. The van der Waals surface area contributed by atoms with Crippen LogP contribution in [0.15, 0.2) is 18.0 Å². The number of piperidine rings is 1. The second-order valence-corrected chi connectivity index (χ2v) is 5.42. The molecule has 0 aliphatic carbocycles. The number of likely N-dealkylation sites (tertiary alicyclic amines) is 1. The molecular formula is C13H16N2O4S. The van der Waals surface area contributed by atoms with Gasteiger partial charge < -0.3 is 14.7 Å². The molecule has 1 N–H and O–H groups in total. The van der Waals surface area contributed by atoms with E-state index in [9.17, 15) is 9.59 Å². The lowest BCUT2D eigenvalue weighted by Gasteiger charge is -2.30. The first kappa shape index (κ1) is 14.5. The van der Waals surface area contributed by atoms with Crippen LogP contribution in [0.25, 0.3) is 0 Å². The molecule has 1 aromatic rings. The number of amides is 1. The first-order valence-electron chi connectivity index (χ1n) is 6.33. The summed E-state index contributed by atoms with van der Waals surface area (Å²) in [6.45, 7) is 4.87. The Kier molecular flexibility index (Phi) is 4.73. The van der Waals surface area contributed by atoms with Gasteiger partial charge in [-0.3, -0.25) is 0 Å². The number of nitrogens with zero attached hydrogens (tertiary/aromatic N) is 2. The predicted octanol–water partition coefficient (Wildman–Crippen LogP) is 2.34. The third-order valence-electron chi connectivity index (χ3n) is 3.09. The molecule has 1 aromatic heterocycles. The molecular weight excluding hydrogens is 280 g/mol. The van der Waals surface area contributed by atoms with Crippen molar-refractivity contribution >= 4 is 23.4 Å². The van der Waals surface area contributed by atoms with Gasteiger partial charge in [0.05, 0.1) is 5.01 Å². The number of carbonyl (C=O) groups is 2. The Balaban J connectivity index is 2.00. The summed E-state index contributed by atoms with van der Waals surface area (Å²) in [7, 11) is 0. The van der Waals surface area contributed by atoms with Gasteiger partial charge in [-0.1, -0.05) is 12.7 Å². The summed E-state index contributed by atoms with van der Waals surface area (Å²) in [5.41, 5.74) is 0.0661. The molecule has 1 unspecified atom stereocenters. The van der Waals surface area contributed by atoms with Crippen molar-refractivity contribution in [3.8, 4) is 0 Å². The average Bonchev–Trinajstić information content (AvgIpc) is 2.95. The van der Waals surface area contributed by atoms with Gasteiger partial charge in [-0.2, -0.15) is 0 Å². The van der Waals surface area contributed by atoms with Crippen LogP contribution in [0.4, 0.5) is 4.79 Å². The molecule has 1 atom stereocenters. The quantitative estimate of drug-likeness (QED) is 0.863. The van der Waals surface area contributed by atoms with Crippen LogP contribution in [0, 0.1) is 0 Å². The minimum Gasteiger partial charge on any atom is -0.476 e. The van der Waals surface area contributed by atoms with E-state index in [-0.39, 0.29) is 24.3 Å². The number of hydrogen-bond donors (Lipinski definition) is 1. The van der Waals surface area contributed by atoms with Crippen LogP contribution < -0.4 is 0 Å². The Bertz CT molecular complexity index is 514. The monoisotopic (exact) mass is 296 g/mol. The highest BCUT2D eigenvalue weighted by molar-refractivity contribution is 7.09. The van der Waals surface area contributed by atoms with Gasteiger partial charge in [-0.05, 0) is 12.8 Å². The van der Waals surface area contributed by atoms with E-state index in [0.29, 0.717) is 13.1 Å². The van der Waals surface area contributed by atoms with E-state index in [0.717, 1.165) is 17.8 Å². The highest BCUT2D eigenvalue weighted by Gasteiger charge is 2.27. The highest BCUT2D eigenvalue weighted by Crippen LogP contribution is 2.29. The Morgan fingerprint density at radius 2 is 2.45 bits per heavy atom. The van der Waals surface area contributed by atoms with Gasteiger partial charge >= 0.3 is 12.1 Å². The second kappa shape index (κ2) is 6.51. The summed E-state index contributed by atoms with van der Waals surface area (Å²) < 4.78 is 5.02. The molecule has 1 aliphatic heterocycles. The second-order valence-electron chi connectivity index (χ2n) is 4.53. The van der Waals surface area contributed by atoms with Crippen molar-refractivity contribution in [1.82, 2.24) is 9.88 Å². The minimum atomic E-state index is -1.02. The topological polar surface area (TPSA) is 79.7 Å². The molecule has 0 radical (unpaired) electrons. The summed E-state index contributed by atoms with van der Waals surface area (Å²) in [4.78, 5) is 28.4. The van der Waals surface area contributed by atoms with Crippen molar-refractivity contribution in [3.05, 3.63) is 28.7 Å². The Morgan fingerprint density at radius 1 is 1.65 bits per heavy atom. The maximum atomic E-state index is 11.8. The van der Waals surface area contributed by atoms with Gasteiger partial charge in [0.1, 0.15) is 6.61 Å². The lowest BCUT2D eigenvalue weighted by atomic mass is 9.99. The van der Waals surface area contributed by atoms with E-state index in [2.05, 4.69) is 11.6 Å². The first-order valence-corrected chi connectivity index (χ1v) is 7.21. The fraction of sp³-hybridized carbons (Fsp3) is 0.462. The van der Waals surface area contributed by atoms with Gasteiger partial charge in [-0.15, -0.1) is 11.3 Å². The summed E-state index contributed by atoms with van der Waals surface area (Å²) in [6, 6.07) is 0. The molecule has 6 nitrogen and oxygen atoms in total. The first-order chi connectivity index (χ1) is 9.61. The van der Waals surface area contributed by atoms with Gasteiger partial charge in [0.2, 0.25) is 0 Å². The van der Waals surface area contributed by atoms with E-state index in [1.54, 1.807) is 4.90 Å².